The van der Waals surface area contributed by atoms with Crippen molar-refractivity contribution in [2.75, 3.05) is 17.2 Å². The van der Waals surface area contributed by atoms with Crippen LogP contribution in [0, 0.1) is 0 Å². The average molecular weight is 451 g/mol. The Morgan fingerprint density at radius 2 is 1.96 bits per heavy atom. The van der Waals surface area contributed by atoms with E-state index in [0.717, 1.165) is 15.6 Å². The van der Waals surface area contributed by atoms with Crippen molar-refractivity contribution in [3.63, 3.8) is 0 Å². The van der Waals surface area contributed by atoms with E-state index in [1.807, 2.05) is 48.5 Å². The first-order valence-corrected chi connectivity index (χ1v) is 9.10. The highest BCUT2D eigenvalue weighted by Gasteiger charge is 2.23. The van der Waals surface area contributed by atoms with Crippen LogP contribution in [0.1, 0.15) is 11.1 Å². The molecule has 1 N–H and O–H groups in total. The summed E-state index contributed by atoms with van der Waals surface area (Å²) in [4.78, 5) is 24.3. The molecule has 0 atom stereocenters. The number of halogens is 2. The van der Waals surface area contributed by atoms with Crippen molar-refractivity contribution in [1.29, 1.82) is 0 Å². The lowest BCUT2D eigenvalue weighted by Gasteiger charge is -2.23. The molecule has 2 amide bonds. The summed E-state index contributed by atoms with van der Waals surface area (Å²) in [5.74, 6) is -0.569. The van der Waals surface area contributed by atoms with Crippen LogP contribution in [0.15, 0.2) is 58.1 Å². The maximum atomic E-state index is 12.2. The number of carbonyl (C=O) groups excluding carboxylic acids is 2. The molecular formula is C17H13Br2N3O2. The molecule has 7 heteroatoms. The van der Waals surface area contributed by atoms with Crippen LogP contribution in [-0.4, -0.2) is 34.4 Å². The lowest BCUT2D eigenvalue weighted by Crippen LogP contribution is -2.37. The third kappa shape index (κ3) is 3.57. The number of fused-ring (bicyclic) bond motifs is 1. The summed E-state index contributed by atoms with van der Waals surface area (Å²) >= 11 is 6.59. The molecule has 1 aliphatic heterocycles. The molecule has 5 nitrogen and oxygen atoms in total. The van der Waals surface area contributed by atoms with Gasteiger partial charge in [-0.15, -0.1) is 0 Å². The van der Waals surface area contributed by atoms with E-state index in [9.17, 15) is 9.59 Å². The Kier molecular flexibility index (Phi) is 5.11. The average Bonchev–Trinajstić information content (AvgIpc) is 2.59. The van der Waals surface area contributed by atoms with Gasteiger partial charge < -0.3 is 5.32 Å². The van der Waals surface area contributed by atoms with Crippen molar-refractivity contribution in [3.05, 3.63) is 64.1 Å². The van der Waals surface area contributed by atoms with Crippen LogP contribution in [0.3, 0.4) is 0 Å². The van der Waals surface area contributed by atoms with Crippen LogP contribution in [0.5, 0.6) is 0 Å². The summed E-state index contributed by atoms with van der Waals surface area (Å²) in [5, 5.41) is 8.63. The van der Waals surface area contributed by atoms with Crippen LogP contribution in [-0.2, 0) is 9.59 Å². The predicted molar refractivity (Wildman–Crippen MR) is 100 cm³/mol. The van der Waals surface area contributed by atoms with Gasteiger partial charge in [0.15, 0.2) is 0 Å². The zero-order valence-electron chi connectivity index (χ0n) is 12.5. The summed E-state index contributed by atoms with van der Waals surface area (Å²) in [6.07, 6.45) is 0. The first-order chi connectivity index (χ1) is 11.6. The van der Waals surface area contributed by atoms with Crippen LogP contribution in [0.2, 0.25) is 0 Å². The number of rotatable bonds is 2. The van der Waals surface area contributed by atoms with E-state index >= 15 is 0 Å². The van der Waals surface area contributed by atoms with Crippen LogP contribution in [0.4, 0.5) is 5.69 Å². The third-order valence-corrected chi connectivity index (χ3v) is 4.45. The second-order valence-electron chi connectivity index (χ2n) is 5.14. The quantitative estimate of drug-likeness (QED) is 0.713. The number of benzene rings is 2. The van der Waals surface area contributed by atoms with Crippen LogP contribution >= 0.6 is 31.9 Å². The molecule has 24 heavy (non-hydrogen) atoms. The van der Waals surface area contributed by atoms with Gasteiger partial charge in [0.25, 0.3) is 5.91 Å². The summed E-state index contributed by atoms with van der Waals surface area (Å²) in [7, 11) is 0. The molecule has 0 saturated heterocycles. The predicted octanol–water partition coefficient (Wildman–Crippen LogP) is 3.38. The van der Waals surface area contributed by atoms with E-state index in [-0.39, 0.29) is 23.7 Å². The number of hydrogen-bond acceptors (Lipinski definition) is 3. The zero-order valence-corrected chi connectivity index (χ0v) is 15.7. The minimum Gasteiger partial charge on any atom is -0.324 e. The second-order valence-corrected chi connectivity index (χ2v) is 6.61. The Morgan fingerprint density at radius 3 is 2.67 bits per heavy atom. The van der Waals surface area contributed by atoms with Gasteiger partial charge in [0.2, 0.25) is 5.91 Å². The van der Waals surface area contributed by atoms with Gasteiger partial charge in [0, 0.05) is 15.6 Å². The van der Waals surface area contributed by atoms with Crippen molar-refractivity contribution >= 4 is 55.1 Å². The van der Waals surface area contributed by atoms with Gasteiger partial charge in [0.05, 0.1) is 11.0 Å². The number of alkyl halides is 1. The molecular weight excluding hydrogens is 438 g/mol. The number of nitrogens with zero attached hydrogens (tertiary/aromatic N) is 2. The van der Waals surface area contributed by atoms with Crippen molar-refractivity contribution in [3.8, 4) is 0 Å². The van der Waals surface area contributed by atoms with Crippen molar-refractivity contribution < 1.29 is 9.59 Å². The first kappa shape index (κ1) is 16.9. The Bertz CT molecular complexity index is 822. The largest absolute Gasteiger partial charge is 0.324 e. The van der Waals surface area contributed by atoms with Crippen molar-refractivity contribution in [2.24, 2.45) is 5.10 Å². The fourth-order valence-electron chi connectivity index (χ4n) is 2.38. The molecule has 2 aromatic carbocycles. The lowest BCUT2D eigenvalue weighted by molar-refractivity contribution is -0.132. The number of amides is 2. The fourth-order valence-corrected chi connectivity index (χ4v) is 3.03. The molecule has 0 fully saturated rings. The molecule has 0 spiro atoms. The van der Waals surface area contributed by atoms with Gasteiger partial charge in [0.1, 0.15) is 12.3 Å². The van der Waals surface area contributed by atoms with Crippen molar-refractivity contribution in [1.82, 2.24) is 5.01 Å². The number of anilines is 1. The minimum atomic E-state index is -0.288. The van der Waals surface area contributed by atoms with Crippen LogP contribution < -0.4 is 5.32 Å². The summed E-state index contributed by atoms with van der Waals surface area (Å²) in [6, 6.07) is 15.1. The number of carbonyl (C=O) groups is 2. The lowest BCUT2D eigenvalue weighted by atomic mass is 10.0. The summed E-state index contributed by atoms with van der Waals surface area (Å²) in [6.45, 7) is -0.129. The molecule has 0 saturated carbocycles. The molecule has 0 unspecified atom stereocenters. The highest BCUT2D eigenvalue weighted by atomic mass is 79.9. The van der Waals surface area contributed by atoms with E-state index in [0.29, 0.717) is 11.4 Å². The van der Waals surface area contributed by atoms with E-state index in [1.165, 1.54) is 5.01 Å². The Labute approximate surface area is 156 Å². The number of nitrogens with one attached hydrogen (secondary N) is 1. The Hall–Kier alpha value is -1.99. The van der Waals surface area contributed by atoms with E-state index in [1.54, 1.807) is 0 Å². The summed E-state index contributed by atoms with van der Waals surface area (Å²) in [5.41, 5.74) is 2.90. The van der Waals surface area contributed by atoms with Crippen LogP contribution in [0.25, 0.3) is 0 Å². The molecule has 2 aromatic rings. The normalized spacial score (nSPS) is 14.2. The Morgan fingerprint density at radius 1 is 1.21 bits per heavy atom. The monoisotopic (exact) mass is 449 g/mol. The van der Waals surface area contributed by atoms with E-state index < -0.39 is 0 Å². The SMILES string of the molecule is O=C1CN(C(=O)CBr)N=C(c2ccccc2)c2cc(Br)ccc2N1. The zero-order chi connectivity index (χ0) is 17.1. The standard InChI is InChI=1S/C17H13Br2N3O2/c18-9-16(24)22-10-15(23)20-14-7-6-12(19)8-13(14)17(21-22)11-4-2-1-3-5-11/h1-8H,9-10H2,(H,20,23). The molecule has 1 aliphatic rings. The van der Waals surface area contributed by atoms with E-state index in [2.05, 4.69) is 42.3 Å². The van der Waals surface area contributed by atoms with Gasteiger partial charge in [-0.3, -0.25) is 9.59 Å². The Balaban J connectivity index is 2.22. The van der Waals surface area contributed by atoms with Gasteiger partial charge in [-0.1, -0.05) is 62.2 Å². The fraction of sp³-hybridized carbons (Fsp3) is 0.118. The minimum absolute atomic E-state index is 0.0944. The van der Waals surface area contributed by atoms with Crippen molar-refractivity contribution in [2.45, 2.75) is 0 Å². The summed E-state index contributed by atoms with van der Waals surface area (Å²) < 4.78 is 0.859. The second kappa shape index (κ2) is 7.27. The smallest absolute Gasteiger partial charge is 0.253 e. The third-order valence-electron chi connectivity index (χ3n) is 3.47. The topological polar surface area (TPSA) is 61.8 Å². The molecule has 0 bridgehead atoms. The highest BCUT2D eigenvalue weighted by Crippen LogP contribution is 2.26. The van der Waals surface area contributed by atoms with Gasteiger partial charge in [-0.25, -0.2) is 5.01 Å². The maximum Gasteiger partial charge on any atom is 0.253 e. The molecule has 0 radical (unpaired) electrons. The molecule has 0 aliphatic carbocycles. The molecule has 1 heterocycles. The number of hydrogen-bond donors (Lipinski definition) is 1. The maximum absolute atomic E-state index is 12.2. The number of hydrazone groups is 1. The molecule has 3 rings (SSSR count). The van der Waals surface area contributed by atoms with Gasteiger partial charge in [-0.2, -0.15) is 5.10 Å². The molecule has 122 valence electrons. The molecule has 0 aromatic heterocycles. The van der Waals surface area contributed by atoms with Gasteiger partial charge in [-0.05, 0) is 18.2 Å². The highest BCUT2D eigenvalue weighted by molar-refractivity contribution is 9.10. The van der Waals surface area contributed by atoms with E-state index in [4.69, 9.17) is 0 Å². The van der Waals surface area contributed by atoms with Gasteiger partial charge >= 0.3 is 0 Å². The first-order valence-electron chi connectivity index (χ1n) is 7.18.